The summed E-state index contributed by atoms with van der Waals surface area (Å²) in [5.74, 6) is 0.735. The van der Waals surface area contributed by atoms with Gasteiger partial charge in [-0.05, 0) is 43.0 Å². The van der Waals surface area contributed by atoms with E-state index in [1.807, 2.05) is 54.8 Å². The van der Waals surface area contributed by atoms with Gasteiger partial charge in [0.25, 0.3) is 5.56 Å². The van der Waals surface area contributed by atoms with Gasteiger partial charge < -0.3 is 4.74 Å². The molecule has 0 unspecified atom stereocenters. The van der Waals surface area contributed by atoms with Crippen molar-refractivity contribution in [3.8, 4) is 11.4 Å². The summed E-state index contributed by atoms with van der Waals surface area (Å²) in [5.41, 5.74) is 1.51. The average Bonchev–Trinajstić information content (AvgIpc) is 2.65. The third kappa shape index (κ3) is 3.46. The number of methoxy groups -OCH3 is 1. The van der Waals surface area contributed by atoms with Crippen LogP contribution in [0.1, 0.15) is 11.3 Å². The van der Waals surface area contributed by atoms with Crippen molar-refractivity contribution in [2.45, 2.75) is 18.4 Å². The van der Waals surface area contributed by atoms with Crippen LogP contribution in [0.15, 0.2) is 69.1 Å². The Labute approximate surface area is 155 Å². The second-order valence-electron chi connectivity index (χ2n) is 5.85. The predicted molar refractivity (Wildman–Crippen MR) is 105 cm³/mol. The third-order valence-corrected chi connectivity index (χ3v) is 4.95. The van der Waals surface area contributed by atoms with Crippen LogP contribution < -0.4 is 16.0 Å². The summed E-state index contributed by atoms with van der Waals surface area (Å²) in [6.45, 7) is 1.95. The van der Waals surface area contributed by atoms with Crippen LogP contribution >= 0.6 is 11.8 Å². The Hall–Kier alpha value is -2.73. The van der Waals surface area contributed by atoms with Crippen LogP contribution in [0.3, 0.4) is 0 Å². The van der Waals surface area contributed by atoms with Crippen LogP contribution in [0.4, 0.5) is 0 Å². The number of hydrogen-bond acceptors (Lipinski definition) is 4. The van der Waals surface area contributed by atoms with Crippen LogP contribution in [0.25, 0.3) is 5.69 Å². The quantitative estimate of drug-likeness (QED) is 0.650. The molecule has 6 heteroatoms. The molecule has 0 amide bonds. The Bertz CT molecular complexity index is 1040. The molecule has 0 fully saturated rings. The predicted octanol–water partition coefficient (Wildman–Crippen LogP) is 3.09. The van der Waals surface area contributed by atoms with Crippen molar-refractivity contribution in [2.75, 3.05) is 13.4 Å². The molecular formula is C20H20N2O3S. The van der Waals surface area contributed by atoms with E-state index < -0.39 is 0 Å². The molecule has 5 nitrogen and oxygen atoms in total. The number of ether oxygens (including phenoxy) is 1. The molecule has 1 aromatic heterocycles. The van der Waals surface area contributed by atoms with Crippen LogP contribution in [0.2, 0.25) is 0 Å². The highest BCUT2D eigenvalue weighted by Gasteiger charge is 2.12. The minimum absolute atomic E-state index is 0.190. The number of aromatic nitrogens is 2. The van der Waals surface area contributed by atoms with Gasteiger partial charge in [-0.15, -0.1) is 11.8 Å². The lowest BCUT2D eigenvalue weighted by molar-refractivity contribution is 0.404. The molecular weight excluding hydrogens is 348 g/mol. The van der Waals surface area contributed by atoms with Crippen LogP contribution in [-0.2, 0) is 6.54 Å². The number of aryl methyl sites for hydroxylation is 1. The molecule has 0 atom stereocenters. The van der Waals surface area contributed by atoms with Crippen molar-refractivity contribution in [3.63, 3.8) is 0 Å². The molecule has 0 aliphatic carbocycles. The summed E-state index contributed by atoms with van der Waals surface area (Å²) in [4.78, 5) is 26.4. The average molecular weight is 368 g/mol. The molecule has 0 saturated heterocycles. The first-order chi connectivity index (χ1) is 12.5. The number of rotatable bonds is 5. The summed E-state index contributed by atoms with van der Waals surface area (Å²) in [6.07, 6.45) is 1.97. The zero-order chi connectivity index (χ0) is 18.7. The molecule has 0 aliphatic heterocycles. The van der Waals surface area contributed by atoms with Gasteiger partial charge in [-0.3, -0.25) is 13.9 Å². The number of para-hydroxylation sites is 1. The Morgan fingerprint density at radius 3 is 2.42 bits per heavy atom. The van der Waals surface area contributed by atoms with Crippen LogP contribution in [0.5, 0.6) is 5.75 Å². The maximum atomic E-state index is 13.0. The second-order valence-corrected chi connectivity index (χ2v) is 6.70. The number of nitrogens with zero attached hydrogens (tertiary/aromatic N) is 2. The summed E-state index contributed by atoms with van der Waals surface area (Å²) in [7, 11) is 1.61. The largest absolute Gasteiger partial charge is 0.496 e. The van der Waals surface area contributed by atoms with Gasteiger partial charge in [0.1, 0.15) is 5.75 Å². The molecule has 134 valence electrons. The first-order valence-electron chi connectivity index (χ1n) is 8.15. The SMILES string of the molecule is COc1cc(Cn2c(=O)cc(C)n(-c3ccccc3)c2=O)ccc1SC. The Balaban J connectivity index is 2.09. The lowest BCUT2D eigenvalue weighted by Gasteiger charge is -2.14. The Morgan fingerprint density at radius 1 is 1.04 bits per heavy atom. The van der Waals surface area contributed by atoms with Gasteiger partial charge in [0, 0.05) is 16.7 Å². The topological polar surface area (TPSA) is 53.2 Å². The lowest BCUT2D eigenvalue weighted by Crippen LogP contribution is -2.40. The molecule has 0 aliphatic rings. The van der Waals surface area contributed by atoms with Crippen molar-refractivity contribution in [1.29, 1.82) is 0 Å². The molecule has 26 heavy (non-hydrogen) atoms. The van der Waals surface area contributed by atoms with E-state index >= 15 is 0 Å². The van der Waals surface area contributed by atoms with Gasteiger partial charge in [0.05, 0.1) is 19.3 Å². The van der Waals surface area contributed by atoms with Gasteiger partial charge in [0.2, 0.25) is 0 Å². The van der Waals surface area contributed by atoms with E-state index in [0.717, 1.165) is 21.9 Å². The smallest absolute Gasteiger partial charge is 0.336 e. The molecule has 0 N–H and O–H groups in total. The minimum Gasteiger partial charge on any atom is -0.496 e. The summed E-state index contributed by atoms with van der Waals surface area (Å²) in [6, 6.07) is 16.5. The van der Waals surface area contributed by atoms with E-state index in [0.29, 0.717) is 5.69 Å². The van der Waals surface area contributed by atoms with E-state index in [-0.39, 0.29) is 17.8 Å². The zero-order valence-corrected chi connectivity index (χ0v) is 15.7. The third-order valence-electron chi connectivity index (χ3n) is 4.18. The van der Waals surface area contributed by atoms with Crippen molar-refractivity contribution >= 4 is 11.8 Å². The molecule has 3 aromatic rings. The molecule has 1 heterocycles. The van der Waals surface area contributed by atoms with E-state index in [4.69, 9.17) is 4.74 Å². The van der Waals surface area contributed by atoms with Gasteiger partial charge in [-0.1, -0.05) is 24.3 Å². The fraction of sp³-hybridized carbons (Fsp3) is 0.200. The molecule has 0 radical (unpaired) electrons. The number of thioether (sulfide) groups is 1. The molecule has 3 rings (SSSR count). The fourth-order valence-electron chi connectivity index (χ4n) is 2.89. The van der Waals surface area contributed by atoms with E-state index in [1.165, 1.54) is 10.6 Å². The highest BCUT2D eigenvalue weighted by molar-refractivity contribution is 7.98. The van der Waals surface area contributed by atoms with E-state index in [2.05, 4.69) is 0 Å². The van der Waals surface area contributed by atoms with Crippen molar-refractivity contribution in [2.24, 2.45) is 0 Å². The highest BCUT2D eigenvalue weighted by atomic mass is 32.2. The van der Waals surface area contributed by atoms with Gasteiger partial charge in [0.15, 0.2) is 0 Å². The number of benzene rings is 2. The zero-order valence-electron chi connectivity index (χ0n) is 14.9. The van der Waals surface area contributed by atoms with Crippen LogP contribution in [0, 0.1) is 6.92 Å². The summed E-state index contributed by atoms with van der Waals surface area (Å²) < 4.78 is 8.19. The lowest BCUT2D eigenvalue weighted by atomic mass is 10.2. The van der Waals surface area contributed by atoms with E-state index in [9.17, 15) is 9.59 Å². The standard InChI is InChI=1S/C20H20N2O3S/c1-14-11-19(23)21(20(24)22(14)16-7-5-4-6-8-16)13-15-9-10-18(26-3)17(12-15)25-2/h4-12H,13H2,1-3H3. The van der Waals surface area contributed by atoms with Crippen LogP contribution in [-0.4, -0.2) is 22.5 Å². The van der Waals surface area contributed by atoms with Gasteiger partial charge >= 0.3 is 5.69 Å². The maximum Gasteiger partial charge on any atom is 0.336 e. The van der Waals surface area contributed by atoms with Crippen molar-refractivity contribution < 1.29 is 4.74 Å². The molecule has 0 spiro atoms. The van der Waals surface area contributed by atoms with Gasteiger partial charge in [-0.2, -0.15) is 0 Å². The summed E-state index contributed by atoms with van der Waals surface area (Å²) in [5, 5.41) is 0. The Morgan fingerprint density at radius 2 is 1.77 bits per heavy atom. The fourth-order valence-corrected chi connectivity index (χ4v) is 3.43. The first kappa shape index (κ1) is 18.1. The monoisotopic (exact) mass is 368 g/mol. The summed E-state index contributed by atoms with van der Waals surface area (Å²) >= 11 is 1.58. The van der Waals surface area contributed by atoms with Gasteiger partial charge in [-0.25, -0.2) is 4.79 Å². The van der Waals surface area contributed by atoms with Crippen molar-refractivity contribution in [3.05, 3.63) is 86.7 Å². The van der Waals surface area contributed by atoms with Crippen molar-refractivity contribution in [1.82, 2.24) is 9.13 Å². The minimum atomic E-state index is -0.353. The number of hydrogen-bond donors (Lipinski definition) is 0. The molecule has 0 bridgehead atoms. The van der Waals surface area contributed by atoms with E-state index in [1.54, 1.807) is 30.4 Å². The normalized spacial score (nSPS) is 10.7. The second kappa shape index (κ2) is 7.66. The first-order valence-corrected chi connectivity index (χ1v) is 9.37. The molecule has 0 saturated carbocycles. The Kier molecular flexibility index (Phi) is 5.32. The maximum absolute atomic E-state index is 13.0. The highest BCUT2D eigenvalue weighted by Crippen LogP contribution is 2.28. The molecule has 2 aromatic carbocycles.